The molecule has 0 aliphatic carbocycles. The number of benzene rings is 2. The number of unbranched alkanes of at least 4 members (excludes halogenated alkanes) is 4. The topological polar surface area (TPSA) is 38.3 Å². The van der Waals surface area contributed by atoms with Gasteiger partial charge in [-0.15, -0.1) is 0 Å². The number of hydrogen-bond donors (Lipinski definition) is 1. The van der Waals surface area contributed by atoms with E-state index in [1.807, 2.05) is 32.0 Å². The van der Waals surface area contributed by atoms with Crippen molar-refractivity contribution in [3.63, 3.8) is 0 Å². The molecule has 0 unspecified atom stereocenters. The summed E-state index contributed by atoms with van der Waals surface area (Å²) in [5.41, 5.74) is 3.25. The van der Waals surface area contributed by atoms with E-state index >= 15 is 0 Å². The van der Waals surface area contributed by atoms with Gasteiger partial charge < -0.3 is 10.1 Å². The summed E-state index contributed by atoms with van der Waals surface area (Å²) in [7, 11) is 0. The number of ether oxygens (including phenoxy) is 1. The molecule has 1 amide bonds. The third-order valence-electron chi connectivity index (χ3n) is 4.40. The van der Waals surface area contributed by atoms with Crippen molar-refractivity contribution >= 4 is 34.8 Å². The van der Waals surface area contributed by atoms with Crippen molar-refractivity contribution in [2.24, 2.45) is 0 Å². The van der Waals surface area contributed by atoms with Crippen molar-refractivity contribution in [3.8, 4) is 5.75 Å². The van der Waals surface area contributed by atoms with Crippen LogP contribution in [0.15, 0.2) is 30.3 Å². The van der Waals surface area contributed by atoms with E-state index in [1.54, 1.807) is 12.1 Å². The molecular weight excluding hydrogens is 381 g/mol. The van der Waals surface area contributed by atoms with Crippen LogP contribution in [0, 0.1) is 13.8 Å². The lowest BCUT2D eigenvalue weighted by atomic mass is 10.1. The number of carbonyl (C=O) groups is 1. The minimum Gasteiger partial charge on any atom is -0.490 e. The van der Waals surface area contributed by atoms with E-state index in [0.717, 1.165) is 29.7 Å². The standard InChI is InChI=1S/C22H27Cl2NO2/c1-4-5-6-7-8-11-27-21-18(23)13-17(14-19(21)24)22(26)25-20-12-15(2)9-10-16(20)3/h9-10,12-14H,4-8,11H2,1-3H3,(H,25,26). The SMILES string of the molecule is CCCCCCCOc1c(Cl)cc(C(=O)Nc2cc(C)ccc2C)cc1Cl. The lowest BCUT2D eigenvalue weighted by molar-refractivity contribution is 0.102. The number of nitrogens with one attached hydrogen (secondary N) is 1. The summed E-state index contributed by atoms with van der Waals surface area (Å²) in [4.78, 5) is 12.6. The summed E-state index contributed by atoms with van der Waals surface area (Å²) in [6.45, 7) is 6.69. The second-order valence-corrected chi connectivity index (χ2v) is 7.62. The number of carbonyl (C=O) groups excluding carboxylic acids is 1. The molecule has 0 bridgehead atoms. The maximum absolute atomic E-state index is 12.6. The van der Waals surface area contributed by atoms with Crippen LogP contribution in [0.1, 0.15) is 60.5 Å². The Labute approximate surface area is 172 Å². The molecule has 0 atom stereocenters. The zero-order valence-electron chi connectivity index (χ0n) is 16.2. The summed E-state index contributed by atoms with van der Waals surface area (Å²) in [6, 6.07) is 9.11. The van der Waals surface area contributed by atoms with E-state index in [4.69, 9.17) is 27.9 Å². The smallest absolute Gasteiger partial charge is 0.255 e. The minimum absolute atomic E-state index is 0.251. The molecule has 0 spiro atoms. The lowest BCUT2D eigenvalue weighted by Gasteiger charge is -2.13. The summed E-state index contributed by atoms with van der Waals surface area (Å²) in [6.07, 6.45) is 5.75. The van der Waals surface area contributed by atoms with Crippen LogP contribution in [0.3, 0.4) is 0 Å². The van der Waals surface area contributed by atoms with Crippen LogP contribution in [-0.4, -0.2) is 12.5 Å². The highest BCUT2D eigenvalue weighted by molar-refractivity contribution is 6.37. The highest BCUT2D eigenvalue weighted by Crippen LogP contribution is 2.34. The average Bonchev–Trinajstić information content (AvgIpc) is 2.62. The van der Waals surface area contributed by atoms with Gasteiger partial charge in [-0.05, 0) is 49.6 Å². The Kier molecular flexibility index (Phi) is 8.46. The summed E-state index contributed by atoms with van der Waals surface area (Å²) >= 11 is 12.6. The van der Waals surface area contributed by atoms with E-state index in [-0.39, 0.29) is 5.91 Å². The number of amides is 1. The Balaban J connectivity index is 2.02. The first-order valence-electron chi connectivity index (χ1n) is 9.42. The molecule has 2 rings (SSSR count). The first-order valence-corrected chi connectivity index (χ1v) is 10.2. The van der Waals surface area contributed by atoms with Gasteiger partial charge in [-0.25, -0.2) is 0 Å². The van der Waals surface area contributed by atoms with Gasteiger partial charge in [-0.1, -0.05) is 67.9 Å². The van der Waals surface area contributed by atoms with Crippen molar-refractivity contribution in [2.45, 2.75) is 52.9 Å². The zero-order chi connectivity index (χ0) is 19.8. The van der Waals surface area contributed by atoms with Gasteiger partial charge in [0.05, 0.1) is 16.7 Å². The second kappa shape index (κ2) is 10.6. The molecule has 0 aliphatic heterocycles. The second-order valence-electron chi connectivity index (χ2n) is 6.80. The molecule has 5 heteroatoms. The molecule has 0 radical (unpaired) electrons. The van der Waals surface area contributed by atoms with Crippen LogP contribution in [0.5, 0.6) is 5.75 Å². The molecule has 0 aliphatic rings. The monoisotopic (exact) mass is 407 g/mol. The van der Waals surface area contributed by atoms with Crippen molar-refractivity contribution in [1.82, 2.24) is 0 Å². The molecule has 27 heavy (non-hydrogen) atoms. The Morgan fingerprint density at radius 2 is 1.67 bits per heavy atom. The molecule has 146 valence electrons. The Bertz CT molecular complexity index is 767. The Hall–Kier alpha value is -1.71. The Morgan fingerprint density at radius 3 is 2.33 bits per heavy atom. The highest BCUT2D eigenvalue weighted by Gasteiger charge is 2.15. The third-order valence-corrected chi connectivity index (χ3v) is 4.96. The molecule has 2 aromatic carbocycles. The van der Waals surface area contributed by atoms with Gasteiger partial charge in [0, 0.05) is 11.3 Å². The summed E-state index contributed by atoms with van der Waals surface area (Å²) < 4.78 is 5.74. The Morgan fingerprint density at radius 1 is 1.00 bits per heavy atom. The molecular formula is C22H27Cl2NO2. The van der Waals surface area contributed by atoms with Crippen molar-refractivity contribution in [3.05, 3.63) is 57.1 Å². The zero-order valence-corrected chi connectivity index (χ0v) is 17.7. The average molecular weight is 408 g/mol. The van der Waals surface area contributed by atoms with E-state index < -0.39 is 0 Å². The first kappa shape index (κ1) is 21.6. The lowest BCUT2D eigenvalue weighted by Crippen LogP contribution is -2.13. The van der Waals surface area contributed by atoms with Crippen LogP contribution < -0.4 is 10.1 Å². The molecule has 0 aromatic heterocycles. The van der Waals surface area contributed by atoms with E-state index in [9.17, 15) is 4.79 Å². The number of hydrogen-bond acceptors (Lipinski definition) is 2. The maximum Gasteiger partial charge on any atom is 0.255 e. The molecule has 0 saturated heterocycles. The third kappa shape index (κ3) is 6.44. The number of halogens is 2. The number of anilines is 1. The molecule has 0 fully saturated rings. The molecule has 0 saturated carbocycles. The van der Waals surface area contributed by atoms with Crippen LogP contribution in [0.2, 0.25) is 10.0 Å². The van der Waals surface area contributed by atoms with E-state index in [0.29, 0.717) is 28.0 Å². The van der Waals surface area contributed by atoms with Crippen molar-refractivity contribution in [2.75, 3.05) is 11.9 Å². The number of aryl methyl sites for hydroxylation is 2. The molecule has 1 N–H and O–H groups in total. The van der Waals surface area contributed by atoms with Gasteiger partial charge in [-0.3, -0.25) is 4.79 Å². The van der Waals surface area contributed by atoms with E-state index in [2.05, 4.69) is 12.2 Å². The predicted octanol–water partition coefficient (Wildman–Crippen LogP) is 7.21. The van der Waals surface area contributed by atoms with Crippen LogP contribution in [0.4, 0.5) is 5.69 Å². The van der Waals surface area contributed by atoms with Crippen LogP contribution >= 0.6 is 23.2 Å². The maximum atomic E-state index is 12.6. The van der Waals surface area contributed by atoms with Gasteiger partial charge in [-0.2, -0.15) is 0 Å². The van der Waals surface area contributed by atoms with Gasteiger partial charge in [0.15, 0.2) is 5.75 Å². The van der Waals surface area contributed by atoms with Gasteiger partial charge >= 0.3 is 0 Å². The predicted molar refractivity (Wildman–Crippen MR) is 115 cm³/mol. The number of rotatable bonds is 9. The molecule has 0 heterocycles. The minimum atomic E-state index is -0.251. The largest absolute Gasteiger partial charge is 0.490 e. The molecule has 3 nitrogen and oxygen atoms in total. The normalized spacial score (nSPS) is 10.7. The quantitative estimate of drug-likeness (QED) is 0.445. The van der Waals surface area contributed by atoms with Crippen LogP contribution in [-0.2, 0) is 0 Å². The highest BCUT2D eigenvalue weighted by atomic mass is 35.5. The van der Waals surface area contributed by atoms with E-state index in [1.165, 1.54) is 19.3 Å². The van der Waals surface area contributed by atoms with Gasteiger partial charge in [0.25, 0.3) is 5.91 Å². The van der Waals surface area contributed by atoms with Crippen molar-refractivity contribution < 1.29 is 9.53 Å². The van der Waals surface area contributed by atoms with Crippen LogP contribution in [0.25, 0.3) is 0 Å². The fourth-order valence-corrected chi connectivity index (χ4v) is 3.37. The van der Waals surface area contributed by atoms with Gasteiger partial charge in [0.1, 0.15) is 0 Å². The summed E-state index contributed by atoms with van der Waals surface area (Å²) in [5, 5.41) is 3.61. The van der Waals surface area contributed by atoms with Crippen molar-refractivity contribution in [1.29, 1.82) is 0 Å². The fourth-order valence-electron chi connectivity index (χ4n) is 2.77. The first-order chi connectivity index (χ1) is 12.9. The molecule has 2 aromatic rings. The summed E-state index contributed by atoms with van der Waals surface area (Å²) in [5.74, 6) is 0.190. The van der Waals surface area contributed by atoms with Gasteiger partial charge in [0.2, 0.25) is 0 Å². The fraction of sp³-hybridized carbons (Fsp3) is 0.409.